The van der Waals surface area contributed by atoms with E-state index in [2.05, 4.69) is 46.9 Å². The highest BCUT2D eigenvalue weighted by atomic mass is 79.9. The Kier molecular flexibility index (Phi) is 6.08. The van der Waals surface area contributed by atoms with Gasteiger partial charge in [-0.2, -0.15) is 0 Å². The molecule has 1 aliphatic carbocycles. The van der Waals surface area contributed by atoms with Crippen LogP contribution in [0.4, 0.5) is 0 Å². The Morgan fingerprint density at radius 1 is 1.38 bits per heavy atom. The van der Waals surface area contributed by atoms with E-state index in [1.54, 1.807) is 7.11 Å². The van der Waals surface area contributed by atoms with Crippen molar-refractivity contribution in [1.29, 1.82) is 0 Å². The van der Waals surface area contributed by atoms with E-state index < -0.39 is 0 Å². The Balaban J connectivity index is 2.25. The molecule has 0 amide bonds. The number of likely N-dealkylation sites (N-methyl/N-ethyl adjacent to an activating group) is 1. The molecular formula is C17H27BrN2O. The van der Waals surface area contributed by atoms with Gasteiger partial charge in [0, 0.05) is 23.1 Å². The molecule has 0 heterocycles. The summed E-state index contributed by atoms with van der Waals surface area (Å²) in [6, 6.07) is 6.97. The number of nitrogens with two attached hydrogens (primary N) is 1. The molecule has 0 aliphatic heterocycles. The largest absolute Gasteiger partial charge is 0.497 e. The minimum atomic E-state index is 0.222. The van der Waals surface area contributed by atoms with Gasteiger partial charge < -0.3 is 10.5 Å². The summed E-state index contributed by atoms with van der Waals surface area (Å²) in [4.78, 5) is 2.48. The summed E-state index contributed by atoms with van der Waals surface area (Å²) in [6.45, 7) is 2.99. The smallest absolute Gasteiger partial charge is 0.119 e. The minimum absolute atomic E-state index is 0.222. The summed E-state index contributed by atoms with van der Waals surface area (Å²) in [5, 5.41) is 0. The highest BCUT2D eigenvalue weighted by molar-refractivity contribution is 9.10. The lowest BCUT2D eigenvalue weighted by Gasteiger charge is -2.41. The number of hydrogen-bond acceptors (Lipinski definition) is 3. The molecule has 118 valence electrons. The van der Waals surface area contributed by atoms with Crippen LogP contribution in [0.25, 0.3) is 0 Å². The lowest BCUT2D eigenvalue weighted by Crippen LogP contribution is -2.43. The molecule has 2 N–H and O–H groups in total. The van der Waals surface area contributed by atoms with E-state index in [9.17, 15) is 0 Å². The predicted molar refractivity (Wildman–Crippen MR) is 91.7 cm³/mol. The molecule has 3 unspecified atom stereocenters. The lowest BCUT2D eigenvalue weighted by atomic mass is 9.84. The second-order valence-corrected chi connectivity index (χ2v) is 6.99. The second kappa shape index (κ2) is 7.61. The maximum Gasteiger partial charge on any atom is 0.119 e. The van der Waals surface area contributed by atoms with Gasteiger partial charge in [0.2, 0.25) is 0 Å². The van der Waals surface area contributed by atoms with Crippen molar-refractivity contribution in [2.75, 3.05) is 20.7 Å². The zero-order chi connectivity index (χ0) is 15.4. The van der Waals surface area contributed by atoms with Crippen LogP contribution in [0.1, 0.15) is 44.2 Å². The average Bonchev–Trinajstić information content (AvgIpc) is 2.50. The van der Waals surface area contributed by atoms with E-state index in [1.807, 2.05) is 6.07 Å². The van der Waals surface area contributed by atoms with E-state index in [0.29, 0.717) is 12.6 Å². The number of benzene rings is 1. The molecule has 1 aromatic carbocycles. The van der Waals surface area contributed by atoms with E-state index in [-0.39, 0.29) is 6.04 Å². The predicted octanol–water partition coefficient (Wildman–Crippen LogP) is 3.97. The monoisotopic (exact) mass is 354 g/mol. The van der Waals surface area contributed by atoms with Crippen LogP contribution in [0.15, 0.2) is 22.7 Å². The Morgan fingerprint density at radius 2 is 2.10 bits per heavy atom. The van der Waals surface area contributed by atoms with Crippen LogP contribution in [0.2, 0.25) is 0 Å². The van der Waals surface area contributed by atoms with Crippen molar-refractivity contribution >= 4 is 15.9 Å². The highest BCUT2D eigenvalue weighted by Crippen LogP contribution is 2.35. The molecule has 1 saturated carbocycles. The summed E-state index contributed by atoms with van der Waals surface area (Å²) in [5.41, 5.74) is 7.33. The normalized spacial score (nSPS) is 24.1. The van der Waals surface area contributed by atoms with Crippen LogP contribution in [0.3, 0.4) is 0 Å². The highest BCUT2D eigenvalue weighted by Gasteiger charge is 2.30. The first-order valence-electron chi connectivity index (χ1n) is 7.84. The quantitative estimate of drug-likeness (QED) is 0.869. The molecule has 4 heteroatoms. The van der Waals surface area contributed by atoms with Gasteiger partial charge in [-0.05, 0) is 49.6 Å². The van der Waals surface area contributed by atoms with Gasteiger partial charge in [0.25, 0.3) is 0 Å². The Bertz CT molecular complexity index is 466. The maximum atomic E-state index is 6.11. The Morgan fingerprint density at radius 3 is 2.71 bits per heavy atom. The minimum Gasteiger partial charge on any atom is -0.497 e. The van der Waals surface area contributed by atoms with Crippen molar-refractivity contribution in [3.8, 4) is 5.75 Å². The standard InChI is InChI=1S/C17H27BrN2O/c1-12-6-4-5-7-16(12)20(2)17(11-19)14-10-13(21-3)8-9-15(14)18/h8-10,12,16-17H,4-7,11,19H2,1-3H3. The first-order valence-corrected chi connectivity index (χ1v) is 8.63. The van der Waals surface area contributed by atoms with Gasteiger partial charge in [0.05, 0.1) is 7.11 Å². The zero-order valence-corrected chi connectivity index (χ0v) is 14.9. The van der Waals surface area contributed by atoms with Crippen molar-refractivity contribution in [1.82, 2.24) is 4.90 Å². The molecule has 0 saturated heterocycles. The number of hydrogen-bond donors (Lipinski definition) is 1. The van der Waals surface area contributed by atoms with Gasteiger partial charge in [-0.15, -0.1) is 0 Å². The van der Waals surface area contributed by atoms with Gasteiger partial charge >= 0.3 is 0 Å². The van der Waals surface area contributed by atoms with E-state index in [0.717, 1.165) is 16.1 Å². The third-order valence-electron chi connectivity index (χ3n) is 4.87. The molecule has 1 fully saturated rings. The SMILES string of the molecule is COc1ccc(Br)c(C(CN)N(C)C2CCCCC2C)c1. The van der Waals surface area contributed by atoms with Crippen LogP contribution >= 0.6 is 15.9 Å². The lowest BCUT2D eigenvalue weighted by molar-refractivity contribution is 0.0988. The molecule has 2 rings (SSSR count). The topological polar surface area (TPSA) is 38.5 Å². The summed E-state index contributed by atoms with van der Waals surface area (Å²) in [5.74, 6) is 1.62. The molecule has 0 radical (unpaired) electrons. The number of nitrogens with zero attached hydrogens (tertiary/aromatic N) is 1. The number of methoxy groups -OCH3 is 1. The fraction of sp³-hybridized carbons (Fsp3) is 0.647. The molecule has 0 bridgehead atoms. The molecule has 0 spiro atoms. The third kappa shape index (κ3) is 3.79. The molecule has 0 aromatic heterocycles. The van der Waals surface area contributed by atoms with Crippen LogP contribution < -0.4 is 10.5 Å². The number of ether oxygens (including phenoxy) is 1. The summed E-state index contributed by atoms with van der Waals surface area (Å²) >= 11 is 3.67. The second-order valence-electron chi connectivity index (χ2n) is 6.13. The van der Waals surface area contributed by atoms with Gasteiger partial charge in [0.15, 0.2) is 0 Å². The molecule has 21 heavy (non-hydrogen) atoms. The summed E-state index contributed by atoms with van der Waals surface area (Å²) in [6.07, 6.45) is 5.29. The number of halogens is 1. The van der Waals surface area contributed by atoms with Crippen molar-refractivity contribution in [2.45, 2.75) is 44.7 Å². The van der Waals surface area contributed by atoms with Gasteiger partial charge in [-0.25, -0.2) is 0 Å². The molecular weight excluding hydrogens is 328 g/mol. The Labute approximate surface area is 137 Å². The average molecular weight is 355 g/mol. The van der Waals surface area contributed by atoms with Crippen LogP contribution in [-0.4, -0.2) is 31.6 Å². The fourth-order valence-electron chi connectivity index (χ4n) is 3.55. The van der Waals surface area contributed by atoms with Crippen LogP contribution in [-0.2, 0) is 0 Å². The molecule has 1 aliphatic rings. The summed E-state index contributed by atoms with van der Waals surface area (Å²) in [7, 11) is 3.92. The maximum absolute atomic E-state index is 6.11. The van der Waals surface area contributed by atoms with Crippen molar-refractivity contribution in [3.63, 3.8) is 0 Å². The van der Waals surface area contributed by atoms with E-state index >= 15 is 0 Å². The van der Waals surface area contributed by atoms with Crippen molar-refractivity contribution < 1.29 is 4.74 Å². The Hall–Kier alpha value is -0.580. The summed E-state index contributed by atoms with van der Waals surface area (Å²) < 4.78 is 6.48. The number of rotatable bonds is 5. The van der Waals surface area contributed by atoms with Crippen LogP contribution in [0, 0.1) is 5.92 Å². The van der Waals surface area contributed by atoms with Crippen molar-refractivity contribution in [2.24, 2.45) is 11.7 Å². The first kappa shape index (κ1) is 16.8. The van der Waals surface area contributed by atoms with Crippen LogP contribution in [0.5, 0.6) is 5.75 Å². The first-order chi connectivity index (χ1) is 10.1. The third-order valence-corrected chi connectivity index (χ3v) is 5.59. The van der Waals surface area contributed by atoms with E-state index in [1.165, 1.54) is 31.2 Å². The fourth-order valence-corrected chi connectivity index (χ4v) is 4.06. The molecule has 3 atom stereocenters. The van der Waals surface area contributed by atoms with Gasteiger partial charge in [0.1, 0.15) is 5.75 Å². The molecule has 3 nitrogen and oxygen atoms in total. The zero-order valence-electron chi connectivity index (χ0n) is 13.3. The van der Waals surface area contributed by atoms with Gasteiger partial charge in [-0.3, -0.25) is 4.90 Å². The van der Waals surface area contributed by atoms with Crippen molar-refractivity contribution in [3.05, 3.63) is 28.2 Å². The van der Waals surface area contributed by atoms with Gasteiger partial charge in [-0.1, -0.05) is 35.7 Å². The van der Waals surface area contributed by atoms with E-state index in [4.69, 9.17) is 10.5 Å². The molecule has 1 aromatic rings.